The van der Waals surface area contributed by atoms with Crippen molar-refractivity contribution in [3.8, 4) is 11.1 Å². The van der Waals surface area contributed by atoms with Gasteiger partial charge >= 0.3 is 0 Å². The van der Waals surface area contributed by atoms with E-state index in [2.05, 4.69) is 15.9 Å². The maximum atomic E-state index is 13.1. The normalized spacial score (nSPS) is 10.4. The molecule has 0 aliphatic rings. The minimum atomic E-state index is -0.235. The van der Waals surface area contributed by atoms with Crippen molar-refractivity contribution in [3.05, 3.63) is 58.3 Å². The summed E-state index contributed by atoms with van der Waals surface area (Å²) >= 11 is 9.31. The van der Waals surface area contributed by atoms with E-state index in [0.29, 0.717) is 5.88 Å². The molecule has 0 heterocycles. The fraction of sp³-hybridized carbons (Fsp3) is 0.0769. The molecule has 16 heavy (non-hydrogen) atoms. The van der Waals surface area contributed by atoms with Gasteiger partial charge in [-0.3, -0.25) is 0 Å². The maximum absolute atomic E-state index is 13.1. The van der Waals surface area contributed by atoms with Crippen LogP contribution in [0.5, 0.6) is 0 Å². The highest BCUT2D eigenvalue weighted by molar-refractivity contribution is 9.10. The molecule has 0 bridgehead atoms. The van der Waals surface area contributed by atoms with Crippen LogP contribution in [0.25, 0.3) is 11.1 Å². The number of hydrogen-bond donors (Lipinski definition) is 0. The van der Waals surface area contributed by atoms with E-state index in [4.69, 9.17) is 11.6 Å². The summed E-state index contributed by atoms with van der Waals surface area (Å²) < 4.78 is 14.1. The molecule has 2 aromatic rings. The van der Waals surface area contributed by atoms with Gasteiger partial charge in [0.15, 0.2) is 0 Å². The summed E-state index contributed by atoms with van der Waals surface area (Å²) in [4.78, 5) is 0. The van der Waals surface area contributed by atoms with Gasteiger partial charge in [-0.2, -0.15) is 0 Å². The summed E-state index contributed by atoms with van der Waals surface area (Å²) in [5.74, 6) is 0.199. The van der Waals surface area contributed by atoms with Gasteiger partial charge in [-0.15, -0.1) is 11.6 Å². The second-order valence-corrected chi connectivity index (χ2v) is 4.48. The highest BCUT2D eigenvalue weighted by atomic mass is 79.9. The number of rotatable bonds is 2. The summed E-state index contributed by atoms with van der Waals surface area (Å²) in [5, 5.41) is 0. The lowest BCUT2D eigenvalue weighted by Crippen LogP contribution is -1.86. The van der Waals surface area contributed by atoms with Gasteiger partial charge in [0.2, 0.25) is 0 Å². The lowest BCUT2D eigenvalue weighted by atomic mass is 10.0. The molecule has 0 aliphatic carbocycles. The van der Waals surface area contributed by atoms with Gasteiger partial charge in [0, 0.05) is 10.4 Å². The lowest BCUT2D eigenvalue weighted by Gasteiger charge is -2.08. The predicted octanol–water partition coefficient (Wildman–Crippen LogP) is 4.99. The van der Waals surface area contributed by atoms with E-state index in [9.17, 15) is 4.39 Å². The van der Waals surface area contributed by atoms with Crippen LogP contribution in [0.1, 0.15) is 5.56 Å². The standard InChI is InChI=1S/C13H9BrClF/c14-13-10(8-15)4-2-6-12(13)9-3-1-5-11(16)7-9/h1-7H,8H2. The molecule has 0 nitrogen and oxygen atoms in total. The zero-order chi connectivity index (χ0) is 11.5. The van der Waals surface area contributed by atoms with Crippen molar-refractivity contribution in [2.75, 3.05) is 0 Å². The number of alkyl halides is 1. The van der Waals surface area contributed by atoms with Gasteiger partial charge in [0.05, 0.1) is 0 Å². The number of hydrogen-bond acceptors (Lipinski definition) is 0. The molecule has 0 radical (unpaired) electrons. The molecule has 2 aromatic carbocycles. The lowest BCUT2D eigenvalue weighted by molar-refractivity contribution is 0.628. The van der Waals surface area contributed by atoms with Gasteiger partial charge in [0.1, 0.15) is 5.82 Å². The van der Waals surface area contributed by atoms with Crippen molar-refractivity contribution in [1.82, 2.24) is 0 Å². The molecule has 0 N–H and O–H groups in total. The van der Waals surface area contributed by atoms with Crippen LogP contribution in [0.3, 0.4) is 0 Å². The second kappa shape index (κ2) is 4.98. The Hall–Kier alpha value is -0.860. The first-order valence-corrected chi connectivity index (χ1v) is 6.14. The van der Waals surface area contributed by atoms with Crippen molar-refractivity contribution in [1.29, 1.82) is 0 Å². The summed E-state index contributed by atoms with van der Waals surface area (Å²) in [7, 11) is 0. The van der Waals surface area contributed by atoms with Crippen LogP contribution in [0.15, 0.2) is 46.9 Å². The smallest absolute Gasteiger partial charge is 0.123 e. The van der Waals surface area contributed by atoms with Gasteiger partial charge < -0.3 is 0 Å². The van der Waals surface area contributed by atoms with Gasteiger partial charge in [-0.1, -0.05) is 30.3 Å². The average Bonchev–Trinajstić information content (AvgIpc) is 2.29. The molecule has 0 atom stereocenters. The maximum Gasteiger partial charge on any atom is 0.123 e. The van der Waals surface area contributed by atoms with E-state index in [-0.39, 0.29) is 5.82 Å². The Bertz CT molecular complexity index is 511. The first-order chi connectivity index (χ1) is 7.72. The fourth-order valence-electron chi connectivity index (χ4n) is 1.56. The van der Waals surface area contributed by atoms with Crippen molar-refractivity contribution >= 4 is 27.5 Å². The van der Waals surface area contributed by atoms with E-state index >= 15 is 0 Å². The highest BCUT2D eigenvalue weighted by Gasteiger charge is 2.07. The summed E-state index contributed by atoms with van der Waals surface area (Å²) in [6, 6.07) is 12.3. The zero-order valence-electron chi connectivity index (χ0n) is 8.38. The molecule has 0 aliphatic heterocycles. The Morgan fingerprint density at radius 3 is 2.56 bits per heavy atom. The van der Waals surface area contributed by atoms with E-state index in [1.165, 1.54) is 12.1 Å². The Morgan fingerprint density at radius 2 is 1.88 bits per heavy atom. The SMILES string of the molecule is Fc1cccc(-c2cccc(CCl)c2Br)c1. The van der Waals surface area contributed by atoms with Crippen molar-refractivity contribution in [3.63, 3.8) is 0 Å². The number of halogens is 3. The molecule has 0 amide bonds. The molecule has 2 rings (SSSR count). The molecule has 3 heteroatoms. The third kappa shape index (κ3) is 2.28. The molecular formula is C13H9BrClF. The van der Waals surface area contributed by atoms with E-state index < -0.39 is 0 Å². The quantitative estimate of drug-likeness (QED) is 0.685. The molecular weight excluding hydrogens is 290 g/mol. The highest BCUT2D eigenvalue weighted by Crippen LogP contribution is 2.32. The van der Waals surface area contributed by atoms with Crippen LogP contribution in [0.2, 0.25) is 0 Å². The number of benzene rings is 2. The fourth-order valence-corrected chi connectivity index (χ4v) is 2.58. The van der Waals surface area contributed by atoms with Gasteiger partial charge in [0.25, 0.3) is 0 Å². The molecule has 0 fully saturated rings. The molecule has 0 spiro atoms. The molecule has 0 saturated carbocycles. The molecule has 0 aromatic heterocycles. The third-order valence-corrected chi connectivity index (χ3v) is 3.58. The van der Waals surface area contributed by atoms with E-state index in [1.807, 2.05) is 24.3 Å². The Morgan fingerprint density at radius 1 is 1.12 bits per heavy atom. The monoisotopic (exact) mass is 298 g/mol. The van der Waals surface area contributed by atoms with Crippen molar-refractivity contribution in [2.45, 2.75) is 5.88 Å². The first-order valence-electron chi connectivity index (χ1n) is 4.81. The molecule has 82 valence electrons. The predicted molar refractivity (Wildman–Crippen MR) is 69.1 cm³/mol. The van der Waals surface area contributed by atoms with Crippen LogP contribution >= 0.6 is 27.5 Å². The minimum Gasteiger partial charge on any atom is -0.207 e. The topological polar surface area (TPSA) is 0 Å². The van der Waals surface area contributed by atoms with Crippen LogP contribution in [0.4, 0.5) is 4.39 Å². The van der Waals surface area contributed by atoms with Crippen LogP contribution in [-0.2, 0) is 5.88 Å². The van der Waals surface area contributed by atoms with Crippen LogP contribution in [0, 0.1) is 5.82 Å². The summed E-state index contributed by atoms with van der Waals surface area (Å²) in [6.45, 7) is 0. The largest absolute Gasteiger partial charge is 0.207 e. The minimum absolute atomic E-state index is 0.235. The first kappa shape index (κ1) is 11.6. The Kier molecular flexibility index (Phi) is 3.62. The molecule has 0 saturated heterocycles. The van der Waals surface area contributed by atoms with Crippen molar-refractivity contribution in [2.24, 2.45) is 0 Å². The van der Waals surface area contributed by atoms with Crippen molar-refractivity contribution < 1.29 is 4.39 Å². The molecule has 0 unspecified atom stereocenters. The van der Waals surface area contributed by atoms with Crippen LogP contribution < -0.4 is 0 Å². The van der Waals surface area contributed by atoms with E-state index in [0.717, 1.165) is 21.2 Å². The summed E-state index contributed by atoms with van der Waals surface area (Å²) in [6.07, 6.45) is 0. The second-order valence-electron chi connectivity index (χ2n) is 3.42. The van der Waals surface area contributed by atoms with Crippen LogP contribution in [-0.4, -0.2) is 0 Å². The summed E-state index contributed by atoms with van der Waals surface area (Å²) in [5.41, 5.74) is 2.81. The average molecular weight is 300 g/mol. The third-order valence-electron chi connectivity index (χ3n) is 2.36. The zero-order valence-corrected chi connectivity index (χ0v) is 10.7. The Labute approximate surface area is 107 Å². The Balaban J connectivity index is 2.56. The van der Waals surface area contributed by atoms with E-state index in [1.54, 1.807) is 6.07 Å². The van der Waals surface area contributed by atoms with Gasteiger partial charge in [-0.05, 0) is 44.8 Å². The van der Waals surface area contributed by atoms with Gasteiger partial charge in [-0.25, -0.2) is 4.39 Å².